The molecule has 0 bridgehead atoms. The number of pyridine rings is 1. The third kappa shape index (κ3) is 2.48. The molecule has 1 heterocycles. The number of nitrogens with zero attached hydrogens (tertiary/aromatic N) is 1. The average molecular weight is 258 g/mol. The predicted octanol–water partition coefficient (Wildman–Crippen LogP) is 2.44. The molecular weight excluding hydrogens is 243 g/mol. The van der Waals surface area contributed by atoms with Crippen molar-refractivity contribution >= 4 is 18.7 Å². The molecule has 0 unspecified atom stereocenters. The van der Waals surface area contributed by atoms with Crippen molar-refractivity contribution in [3.05, 3.63) is 48.7 Å². The molecule has 76 valence electrons. The van der Waals surface area contributed by atoms with Crippen LogP contribution >= 0.6 is 0 Å². The van der Waals surface area contributed by atoms with Gasteiger partial charge in [0.25, 0.3) is 0 Å². The second kappa shape index (κ2) is 4.62. The number of aromatic nitrogens is 1. The fourth-order valence-electron chi connectivity index (χ4n) is 1.53. The molecule has 0 fully saturated rings. The van der Waals surface area contributed by atoms with E-state index in [1.54, 1.807) is 0 Å². The molecule has 0 saturated carbocycles. The van der Waals surface area contributed by atoms with Gasteiger partial charge in [-0.3, -0.25) is 0 Å². The summed E-state index contributed by atoms with van der Waals surface area (Å²) < 4.78 is 1.47. The minimum absolute atomic E-state index is 1.07. The Morgan fingerprint density at radius 2 is 1.67 bits per heavy atom. The molecule has 0 aliphatic rings. The van der Waals surface area contributed by atoms with Crippen molar-refractivity contribution in [3.63, 3.8) is 0 Å². The minimum atomic E-state index is -1.14. The van der Waals surface area contributed by atoms with Crippen LogP contribution in [0.1, 0.15) is 0 Å². The van der Waals surface area contributed by atoms with Crippen LogP contribution < -0.4 is 4.40 Å². The molecule has 2 aromatic rings. The van der Waals surface area contributed by atoms with E-state index in [1.807, 2.05) is 24.4 Å². The van der Waals surface area contributed by atoms with Crippen molar-refractivity contribution in [2.75, 3.05) is 0 Å². The van der Waals surface area contributed by atoms with Gasteiger partial charge in [-0.2, -0.15) is 0 Å². The van der Waals surface area contributed by atoms with Gasteiger partial charge in [-0.15, -0.1) is 0 Å². The van der Waals surface area contributed by atoms with Gasteiger partial charge in [-0.05, 0) is 0 Å². The fraction of sp³-hybridized carbons (Fsp3) is 0.154. The standard InChI is InChI=1S/C13H15GeN/c1-14(2)12-8-9-13(15-10-12)11-6-4-3-5-7-11/h3-10,14H,1-2H3. The molecule has 15 heavy (non-hydrogen) atoms. The van der Waals surface area contributed by atoms with Crippen molar-refractivity contribution in [2.24, 2.45) is 0 Å². The zero-order valence-corrected chi connectivity index (χ0v) is 11.6. The predicted molar refractivity (Wildman–Crippen MR) is 68.2 cm³/mol. The van der Waals surface area contributed by atoms with Gasteiger partial charge in [-0.25, -0.2) is 0 Å². The van der Waals surface area contributed by atoms with Crippen LogP contribution in [0.4, 0.5) is 0 Å². The van der Waals surface area contributed by atoms with Crippen LogP contribution in [-0.4, -0.2) is 19.3 Å². The first-order valence-corrected chi connectivity index (χ1v) is 11.3. The zero-order valence-electron chi connectivity index (χ0n) is 9.14. The Morgan fingerprint density at radius 3 is 2.20 bits per heavy atom. The first kappa shape index (κ1) is 10.4. The van der Waals surface area contributed by atoms with Gasteiger partial charge in [0.05, 0.1) is 0 Å². The van der Waals surface area contributed by atoms with E-state index in [0.717, 1.165) is 5.69 Å². The third-order valence-corrected chi connectivity index (χ3v) is 6.04. The first-order valence-electron chi connectivity index (χ1n) is 5.29. The average Bonchev–Trinajstić information content (AvgIpc) is 2.30. The molecular formula is C13H15GeN. The van der Waals surface area contributed by atoms with Crippen molar-refractivity contribution in [1.29, 1.82) is 0 Å². The SMILES string of the molecule is [CH3][GeH]([CH3])[c]1ccc(-c2ccccc2)nc1. The Kier molecular flexibility index (Phi) is 3.21. The van der Waals surface area contributed by atoms with E-state index in [0.29, 0.717) is 0 Å². The third-order valence-electron chi connectivity index (χ3n) is 2.52. The quantitative estimate of drug-likeness (QED) is 0.754. The number of hydrogen-bond acceptors (Lipinski definition) is 1. The monoisotopic (exact) mass is 259 g/mol. The van der Waals surface area contributed by atoms with Crippen LogP contribution in [0.5, 0.6) is 0 Å². The van der Waals surface area contributed by atoms with E-state index in [9.17, 15) is 0 Å². The molecule has 0 amide bonds. The molecule has 1 aromatic carbocycles. The van der Waals surface area contributed by atoms with E-state index < -0.39 is 14.3 Å². The molecule has 0 spiro atoms. The molecule has 2 rings (SSSR count). The molecule has 0 radical (unpaired) electrons. The van der Waals surface area contributed by atoms with Crippen LogP contribution in [0.3, 0.4) is 0 Å². The number of benzene rings is 1. The molecule has 1 aromatic heterocycles. The Labute approximate surface area is 95.3 Å². The fourth-order valence-corrected chi connectivity index (χ4v) is 3.32. The maximum absolute atomic E-state index is 4.52. The molecule has 0 saturated heterocycles. The summed E-state index contributed by atoms with van der Waals surface area (Å²) in [6, 6.07) is 14.7. The molecule has 0 aliphatic heterocycles. The van der Waals surface area contributed by atoms with Crippen LogP contribution in [-0.2, 0) is 0 Å². The van der Waals surface area contributed by atoms with Gasteiger partial charge in [-0.1, -0.05) is 0 Å². The van der Waals surface area contributed by atoms with Crippen molar-refractivity contribution < 1.29 is 0 Å². The summed E-state index contributed by atoms with van der Waals surface area (Å²) in [5, 5.41) is 0. The van der Waals surface area contributed by atoms with Gasteiger partial charge in [0.2, 0.25) is 0 Å². The Balaban J connectivity index is 2.32. The summed E-state index contributed by atoms with van der Waals surface area (Å²) in [5.41, 5.74) is 2.27. The van der Waals surface area contributed by atoms with Crippen molar-refractivity contribution in [2.45, 2.75) is 11.5 Å². The van der Waals surface area contributed by atoms with E-state index in [-0.39, 0.29) is 0 Å². The Bertz CT molecular complexity index is 420. The van der Waals surface area contributed by atoms with Gasteiger partial charge >= 0.3 is 95.2 Å². The van der Waals surface area contributed by atoms with Crippen LogP contribution in [0, 0.1) is 0 Å². The second-order valence-electron chi connectivity index (χ2n) is 4.00. The molecule has 2 heteroatoms. The summed E-state index contributed by atoms with van der Waals surface area (Å²) in [4.78, 5) is 4.52. The maximum atomic E-state index is 4.52. The number of hydrogen-bond donors (Lipinski definition) is 0. The van der Waals surface area contributed by atoms with E-state index >= 15 is 0 Å². The van der Waals surface area contributed by atoms with Crippen molar-refractivity contribution in [1.82, 2.24) is 4.98 Å². The summed E-state index contributed by atoms with van der Waals surface area (Å²) in [6.07, 6.45) is 2.05. The van der Waals surface area contributed by atoms with Gasteiger partial charge < -0.3 is 0 Å². The summed E-state index contributed by atoms with van der Waals surface area (Å²) in [6.45, 7) is 0. The topological polar surface area (TPSA) is 12.9 Å². The van der Waals surface area contributed by atoms with E-state index in [1.165, 1.54) is 9.96 Å². The van der Waals surface area contributed by atoms with Crippen molar-refractivity contribution in [3.8, 4) is 11.3 Å². The Hall–Kier alpha value is -1.09. The zero-order chi connectivity index (χ0) is 10.7. The van der Waals surface area contributed by atoms with Gasteiger partial charge in [0, 0.05) is 0 Å². The summed E-state index contributed by atoms with van der Waals surface area (Å²) in [5.74, 6) is 4.73. The number of rotatable bonds is 2. The molecule has 0 aliphatic carbocycles. The normalized spacial score (nSPS) is 10.6. The van der Waals surface area contributed by atoms with E-state index in [4.69, 9.17) is 0 Å². The van der Waals surface area contributed by atoms with Gasteiger partial charge in [0.15, 0.2) is 0 Å². The van der Waals surface area contributed by atoms with Crippen LogP contribution in [0.2, 0.25) is 11.5 Å². The summed E-state index contributed by atoms with van der Waals surface area (Å²) in [7, 11) is 0. The Morgan fingerprint density at radius 1 is 0.933 bits per heavy atom. The molecule has 1 nitrogen and oxygen atoms in total. The summed E-state index contributed by atoms with van der Waals surface area (Å²) >= 11 is -1.14. The van der Waals surface area contributed by atoms with Crippen LogP contribution in [0.15, 0.2) is 48.7 Å². The van der Waals surface area contributed by atoms with Crippen LogP contribution in [0.25, 0.3) is 11.3 Å². The molecule has 0 N–H and O–H groups in total. The molecule has 0 atom stereocenters. The van der Waals surface area contributed by atoms with Gasteiger partial charge in [0.1, 0.15) is 0 Å². The van der Waals surface area contributed by atoms with E-state index in [2.05, 4.69) is 40.8 Å². The second-order valence-corrected chi connectivity index (χ2v) is 10.2. The first-order chi connectivity index (χ1) is 7.27.